The molecule has 0 spiro atoms. The van der Waals surface area contributed by atoms with Gasteiger partial charge >= 0.3 is 0 Å². The summed E-state index contributed by atoms with van der Waals surface area (Å²) in [4.78, 5) is 0. The number of hydrogen-bond acceptors (Lipinski definition) is 3. The normalized spacial score (nSPS) is 10.3. The van der Waals surface area contributed by atoms with Crippen LogP contribution in [-0.2, 0) is 13.1 Å². The van der Waals surface area contributed by atoms with Gasteiger partial charge in [0.25, 0.3) is 0 Å². The van der Waals surface area contributed by atoms with Crippen molar-refractivity contribution in [3.63, 3.8) is 0 Å². The number of aromatic nitrogens is 2. The lowest BCUT2D eigenvalue weighted by molar-refractivity contribution is 0.414. The van der Waals surface area contributed by atoms with Crippen molar-refractivity contribution in [1.82, 2.24) is 15.1 Å². The maximum Gasteiger partial charge on any atom is 0.118 e. The van der Waals surface area contributed by atoms with Crippen molar-refractivity contribution in [2.24, 2.45) is 0 Å². The zero-order valence-electron chi connectivity index (χ0n) is 10.5. The van der Waals surface area contributed by atoms with Gasteiger partial charge in [-0.15, -0.1) is 0 Å². The Kier molecular flexibility index (Phi) is 4.15. The van der Waals surface area contributed by atoms with E-state index in [1.807, 2.05) is 24.5 Å². The van der Waals surface area contributed by atoms with E-state index in [-0.39, 0.29) is 0 Å². The summed E-state index contributed by atoms with van der Waals surface area (Å²) >= 11 is 0. The quantitative estimate of drug-likeness (QED) is 0.846. The third-order valence-corrected chi connectivity index (χ3v) is 2.66. The maximum atomic E-state index is 5.12. The average Bonchev–Trinajstić information content (AvgIpc) is 2.87. The van der Waals surface area contributed by atoms with E-state index in [1.54, 1.807) is 18.0 Å². The molecule has 0 aliphatic heterocycles. The molecule has 0 fully saturated rings. The van der Waals surface area contributed by atoms with Gasteiger partial charge in [-0.1, -0.05) is 18.7 Å². The van der Waals surface area contributed by atoms with Crippen molar-refractivity contribution in [2.75, 3.05) is 7.11 Å². The van der Waals surface area contributed by atoms with Crippen LogP contribution < -0.4 is 10.1 Å². The van der Waals surface area contributed by atoms with Crippen LogP contribution in [0, 0.1) is 0 Å². The lowest BCUT2D eigenvalue weighted by Crippen LogP contribution is -2.12. The molecule has 0 amide bonds. The van der Waals surface area contributed by atoms with Crippen LogP contribution in [0.25, 0.3) is 6.20 Å². The molecule has 0 aliphatic carbocycles. The first kappa shape index (κ1) is 12.4. The maximum absolute atomic E-state index is 5.12. The first-order valence-electron chi connectivity index (χ1n) is 5.81. The molecule has 0 radical (unpaired) electrons. The predicted molar refractivity (Wildman–Crippen MR) is 72.2 cm³/mol. The highest BCUT2D eigenvalue weighted by Crippen LogP contribution is 2.11. The van der Waals surface area contributed by atoms with Gasteiger partial charge < -0.3 is 10.1 Å². The third kappa shape index (κ3) is 3.21. The van der Waals surface area contributed by atoms with Gasteiger partial charge in [-0.25, -0.2) is 4.68 Å². The number of rotatable bonds is 6. The molecule has 0 bridgehead atoms. The Hall–Kier alpha value is -2.07. The molecule has 0 saturated heterocycles. The van der Waals surface area contributed by atoms with Gasteiger partial charge in [-0.05, 0) is 17.7 Å². The summed E-state index contributed by atoms with van der Waals surface area (Å²) in [6.45, 7) is 5.27. The minimum absolute atomic E-state index is 0.792. The standard InChI is InChI=1S/C14H17N3O/c1-3-17-11-13(10-16-17)9-15-8-12-4-6-14(18-2)7-5-12/h3-7,10-11,15H,1,8-9H2,2H3. The summed E-state index contributed by atoms with van der Waals surface area (Å²) in [5, 5.41) is 7.49. The molecule has 1 N–H and O–H groups in total. The van der Waals surface area contributed by atoms with Crippen molar-refractivity contribution in [3.05, 3.63) is 54.4 Å². The summed E-state index contributed by atoms with van der Waals surface area (Å²) in [7, 11) is 1.67. The SMILES string of the molecule is C=Cn1cc(CNCc2ccc(OC)cc2)cn1. The van der Waals surface area contributed by atoms with E-state index >= 15 is 0 Å². The first-order chi connectivity index (χ1) is 8.81. The Labute approximate surface area is 107 Å². The lowest BCUT2D eigenvalue weighted by atomic mass is 10.2. The van der Waals surface area contributed by atoms with Crippen LogP contribution >= 0.6 is 0 Å². The molecular formula is C14H17N3O. The summed E-state index contributed by atoms with van der Waals surface area (Å²) in [6.07, 6.45) is 5.46. The summed E-state index contributed by atoms with van der Waals surface area (Å²) in [6, 6.07) is 8.04. The molecule has 2 aromatic rings. The Morgan fingerprint density at radius 2 is 2.00 bits per heavy atom. The second-order valence-electron chi connectivity index (χ2n) is 3.96. The highest BCUT2D eigenvalue weighted by Gasteiger charge is 1.97. The monoisotopic (exact) mass is 243 g/mol. The van der Waals surface area contributed by atoms with E-state index in [0.29, 0.717) is 0 Å². The van der Waals surface area contributed by atoms with Crippen molar-refractivity contribution in [3.8, 4) is 5.75 Å². The van der Waals surface area contributed by atoms with E-state index in [2.05, 4.69) is 29.1 Å². The van der Waals surface area contributed by atoms with Crippen molar-refractivity contribution in [1.29, 1.82) is 0 Å². The molecule has 94 valence electrons. The molecule has 2 rings (SSSR count). The van der Waals surface area contributed by atoms with Gasteiger partial charge in [0, 0.05) is 31.0 Å². The zero-order chi connectivity index (χ0) is 12.8. The fourth-order valence-corrected chi connectivity index (χ4v) is 1.66. The number of hydrogen-bond donors (Lipinski definition) is 1. The molecule has 18 heavy (non-hydrogen) atoms. The Balaban J connectivity index is 1.82. The molecule has 4 heteroatoms. The van der Waals surface area contributed by atoms with Crippen LogP contribution in [0.5, 0.6) is 5.75 Å². The van der Waals surface area contributed by atoms with Crippen LogP contribution in [0.1, 0.15) is 11.1 Å². The number of ether oxygens (including phenoxy) is 1. The van der Waals surface area contributed by atoms with E-state index in [0.717, 1.165) is 24.4 Å². The van der Waals surface area contributed by atoms with Crippen LogP contribution in [0.4, 0.5) is 0 Å². The second-order valence-corrected chi connectivity index (χ2v) is 3.96. The minimum atomic E-state index is 0.792. The summed E-state index contributed by atoms with van der Waals surface area (Å²) in [5.41, 5.74) is 2.37. The summed E-state index contributed by atoms with van der Waals surface area (Å²) < 4.78 is 6.82. The highest BCUT2D eigenvalue weighted by molar-refractivity contribution is 5.27. The lowest BCUT2D eigenvalue weighted by Gasteiger charge is -2.04. The van der Waals surface area contributed by atoms with Crippen LogP contribution in [0.2, 0.25) is 0 Å². The van der Waals surface area contributed by atoms with Crippen LogP contribution in [-0.4, -0.2) is 16.9 Å². The third-order valence-electron chi connectivity index (χ3n) is 2.66. The summed E-state index contributed by atoms with van der Waals surface area (Å²) in [5.74, 6) is 0.881. The molecule has 1 heterocycles. The molecule has 0 unspecified atom stereocenters. The van der Waals surface area contributed by atoms with E-state index in [9.17, 15) is 0 Å². The zero-order valence-corrected chi connectivity index (χ0v) is 10.5. The largest absolute Gasteiger partial charge is 0.497 e. The molecular weight excluding hydrogens is 226 g/mol. The Morgan fingerprint density at radius 3 is 2.61 bits per heavy atom. The van der Waals surface area contributed by atoms with Crippen molar-refractivity contribution < 1.29 is 4.74 Å². The molecule has 1 aromatic carbocycles. The van der Waals surface area contributed by atoms with Crippen LogP contribution in [0.3, 0.4) is 0 Å². The van der Waals surface area contributed by atoms with E-state index in [1.165, 1.54) is 5.56 Å². The van der Waals surface area contributed by atoms with Gasteiger partial charge in [-0.3, -0.25) is 0 Å². The fraction of sp³-hybridized carbons (Fsp3) is 0.214. The van der Waals surface area contributed by atoms with Crippen LogP contribution in [0.15, 0.2) is 43.2 Å². The minimum Gasteiger partial charge on any atom is -0.497 e. The second kappa shape index (κ2) is 6.02. The fourth-order valence-electron chi connectivity index (χ4n) is 1.66. The van der Waals surface area contributed by atoms with Gasteiger partial charge in [0.2, 0.25) is 0 Å². The van der Waals surface area contributed by atoms with Crippen molar-refractivity contribution in [2.45, 2.75) is 13.1 Å². The van der Waals surface area contributed by atoms with Gasteiger partial charge in [0.15, 0.2) is 0 Å². The number of nitrogens with one attached hydrogen (secondary N) is 1. The molecule has 0 saturated carbocycles. The van der Waals surface area contributed by atoms with Gasteiger partial charge in [0.05, 0.1) is 13.3 Å². The molecule has 0 aliphatic rings. The topological polar surface area (TPSA) is 39.1 Å². The molecule has 1 aromatic heterocycles. The Morgan fingerprint density at radius 1 is 1.28 bits per heavy atom. The highest BCUT2D eigenvalue weighted by atomic mass is 16.5. The van der Waals surface area contributed by atoms with Gasteiger partial charge in [-0.2, -0.15) is 5.10 Å². The number of benzene rings is 1. The smallest absolute Gasteiger partial charge is 0.118 e. The van der Waals surface area contributed by atoms with E-state index < -0.39 is 0 Å². The predicted octanol–water partition coefficient (Wildman–Crippen LogP) is 2.28. The molecule has 4 nitrogen and oxygen atoms in total. The number of methoxy groups -OCH3 is 1. The van der Waals surface area contributed by atoms with E-state index in [4.69, 9.17) is 4.74 Å². The molecule has 0 atom stereocenters. The average molecular weight is 243 g/mol. The van der Waals surface area contributed by atoms with Crippen molar-refractivity contribution >= 4 is 6.20 Å². The number of nitrogens with zero attached hydrogens (tertiary/aromatic N) is 2. The first-order valence-corrected chi connectivity index (χ1v) is 5.81. The Bertz CT molecular complexity index is 502. The van der Waals surface area contributed by atoms with Gasteiger partial charge in [0.1, 0.15) is 5.75 Å².